The number of furan rings is 2. The summed E-state index contributed by atoms with van der Waals surface area (Å²) in [5.74, 6) is 0. The van der Waals surface area contributed by atoms with Crippen LogP contribution in [0.15, 0.2) is 130 Å². The first-order valence-electron chi connectivity index (χ1n) is 27.7. The molecule has 0 saturated carbocycles. The molecule has 9 aromatic rings. The van der Waals surface area contributed by atoms with Crippen LogP contribution >= 0.6 is 0 Å². The van der Waals surface area contributed by atoms with Crippen molar-refractivity contribution < 1.29 is 8.83 Å². The Hall–Kier alpha value is -6.46. The Morgan fingerprint density at radius 1 is 0.419 bits per heavy atom. The first-order valence-corrected chi connectivity index (χ1v) is 27.7. The van der Waals surface area contributed by atoms with Crippen LogP contribution in [0.1, 0.15) is 161 Å². The van der Waals surface area contributed by atoms with Gasteiger partial charge in [-0.1, -0.05) is 150 Å². The van der Waals surface area contributed by atoms with Gasteiger partial charge >= 0.3 is 0 Å². The van der Waals surface area contributed by atoms with Gasteiger partial charge in [0.25, 0.3) is 6.71 Å². The summed E-state index contributed by atoms with van der Waals surface area (Å²) in [6.07, 6.45) is 6.88. The van der Waals surface area contributed by atoms with Gasteiger partial charge in [-0.2, -0.15) is 0 Å². The van der Waals surface area contributed by atoms with Gasteiger partial charge in [-0.15, -0.1) is 0 Å². The smallest absolute Gasteiger partial charge is 0.297 e. The Morgan fingerprint density at radius 2 is 0.973 bits per heavy atom. The summed E-state index contributed by atoms with van der Waals surface area (Å²) in [6.45, 7) is 31.5. The summed E-state index contributed by atoms with van der Waals surface area (Å²) in [4.78, 5) is 5.27. The van der Waals surface area contributed by atoms with E-state index in [4.69, 9.17) is 8.83 Å². The van der Waals surface area contributed by atoms with E-state index in [1.54, 1.807) is 0 Å². The highest BCUT2D eigenvalue weighted by Crippen LogP contribution is 2.57. The lowest BCUT2D eigenvalue weighted by Crippen LogP contribution is -2.61. The topological polar surface area (TPSA) is 32.8 Å². The fourth-order valence-corrected chi connectivity index (χ4v) is 14.8. The highest BCUT2D eigenvalue weighted by molar-refractivity contribution is 7.00. The van der Waals surface area contributed by atoms with Gasteiger partial charge in [0.05, 0.1) is 22.7 Å². The van der Waals surface area contributed by atoms with Crippen LogP contribution in [0.3, 0.4) is 0 Å². The molecule has 0 amide bonds. The van der Waals surface area contributed by atoms with Crippen molar-refractivity contribution in [1.82, 2.24) is 0 Å². The van der Waals surface area contributed by atoms with Crippen molar-refractivity contribution in [3.8, 4) is 11.1 Å². The van der Waals surface area contributed by atoms with E-state index < -0.39 is 0 Å². The molecule has 0 spiro atoms. The number of hydrogen-bond donors (Lipinski definition) is 0. The predicted octanol–water partition coefficient (Wildman–Crippen LogP) is 17.4. The lowest BCUT2D eigenvalue weighted by molar-refractivity contribution is 0.332. The summed E-state index contributed by atoms with van der Waals surface area (Å²) in [5.41, 5.74) is 25.7. The number of para-hydroxylation sites is 1. The van der Waals surface area contributed by atoms with Crippen molar-refractivity contribution in [3.63, 3.8) is 0 Å². The predicted molar refractivity (Wildman–Crippen MR) is 314 cm³/mol. The Labute approximate surface area is 439 Å². The average Bonchev–Trinajstić information content (AvgIpc) is 3.98. The van der Waals surface area contributed by atoms with E-state index in [0.717, 1.165) is 76.7 Å². The molecule has 0 radical (unpaired) electrons. The molecule has 4 nitrogen and oxygen atoms in total. The minimum absolute atomic E-state index is 0.0196. The van der Waals surface area contributed by atoms with Gasteiger partial charge in [0.15, 0.2) is 5.58 Å². The SMILES string of the molecule is Cc1cc2c3c(c1)N(c1cc4c(cc1-c1ccccc1)C(C)(C)CCC4(C)C)c1c(ccc4c1oc1ccccc14)B3c1oc3cc4c(cc3c1N2c1ccc2c(c1)C(C)(C)CCC2(C)C)C(C)(C)CCC4(C)C. The molecule has 74 heavy (non-hydrogen) atoms. The van der Waals surface area contributed by atoms with E-state index >= 15 is 0 Å². The molecule has 372 valence electrons. The molecule has 2 aromatic heterocycles. The number of aryl methyl sites for hydroxylation is 1. The molecule has 0 saturated heterocycles. The first kappa shape index (κ1) is 46.1. The van der Waals surface area contributed by atoms with Crippen molar-refractivity contribution in [2.75, 3.05) is 9.80 Å². The molecule has 0 atom stereocenters. The van der Waals surface area contributed by atoms with Crippen molar-refractivity contribution >= 4 is 90.3 Å². The third-order valence-electron chi connectivity index (χ3n) is 19.7. The van der Waals surface area contributed by atoms with E-state index in [1.165, 1.54) is 95.6 Å². The molecule has 14 rings (SSSR count). The zero-order valence-electron chi connectivity index (χ0n) is 46.1. The number of hydrogen-bond acceptors (Lipinski definition) is 4. The van der Waals surface area contributed by atoms with Gasteiger partial charge in [-0.3, -0.25) is 0 Å². The minimum Gasteiger partial charge on any atom is -0.468 e. The maximum Gasteiger partial charge on any atom is 0.297 e. The summed E-state index contributed by atoms with van der Waals surface area (Å²) < 4.78 is 15.0. The van der Waals surface area contributed by atoms with E-state index in [0.29, 0.717) is 0 Å². The molecule has 4 heterocycles. The molecule has 3 aliphatic carbocycles. The van der Waals surface area contributed by atoms with Crippen LogP contribution in [0.4, 0.5) is 34.1 Å². The molecule has 0 unspecified atom stereocenters. The standard InChI is InChI=1S/C69H71BN2O2/c1-40-33-55-59-56(34-40)72(54-38-51-49(66(6,7)29-31-68(51,10)11)36-45(54)41-19-15-14-16-20-41)61-53(26-24-44-43-21-17-18-22-57(43)73-62(44)61)70(59)63-60(46-37-50-52(39-58(46)74-63)69(12,13)32-30-67(50,8)9)71(55)42-23-25-47-48(35-42)65(4,5)28-27-64(47,2)3/h14-26,33-39H,27-32H2,1-13H3. The normalized spacial score (nSPS) is 19.9. The first-order chi connectivity index (χ1) is 35.0. The van der Waals surface area contributed by atoms with Gasteiger partial charge in [0, 0.05) is 38.8 Å². The van der Waals surface area contributed by atoms with Crippen molar-refractivity contribution in [2.45, 2.75) is 161 Å². The van der Waals surface area contributed by atoms with E-state index in [9.17, 15) is 0 Å². The molecule has 5 aliphatic rings. The quantitative estimate of drug-likeness (QED) is 0.165. The largest absolute Gasteiger partial charge is 0.468 e. The lowest BCUT2D eigenvalue weighted by atomic mass is 9.35. The van der Waals surface area contributed by atoms with Crippen LogP contribution in [0.5, 0.6) is 0 Å². The second-order valence-electron chi connectivity index (χ2n) is 27.3. The van der Waals surface area contributed by atoms with Crippen molar-refractivity contribution in [3.05, 3.63) is 160 Å². The molecule has 0 fully saturated rings. The Balaban J connectivity index is 1.14. The molecule has 5 heteroatoms. The van der Waals surface area contributed by atoms with Crippen LogP contribution in [-0.4, -0.2) is 6.71 Å². The zero-order chi connectivity index (χ0) is 51.4. The van der Waals surface area contributed by atoms with Crippen LogP contribution in [-0.2, 0) is 32.5 Å². The van der Waals surface area contributed by atoms with Crippen LogP contribution in [0.2, 0.25) is 0 Å². The molecule has 0 bridgehead atoms. The number of rotatable bonds is 3. The summed E-state index contributed by atoms with van der Waals surface area (Å²) in [6, 6.07) is 47.0. The lowest BCUT2D eigenvalue weighted by Gasteiger charge is -2.46. The van der Waals surface area contributed by atoms with Gasteiger partial charge in [0.1, 0.15) is 11.2 Å². The number of anilines is 6. The van der Waals surface area contributed by atoms with Crippen molar-refractivity contribution in [1.29, 1.82) is 0 Å². The second kappa shape index (κ2) is 14.9. The number of benzene rings is 7. The van der Waals surface area contributed by atoms with Crippen LogP contribution in [0, 0.1) is 6.92 Å². The van der Waals surface area contributed by atoms with Gasteiger partial charge < -0.3 is 18.6 Å². The monoisotopic (exact) mass is 971 g/mol. The number of fused-ring (bicyclic) bond motifs is 13. The fraction of sp³-hybridized carbons (Fsp3) is 0.362. The fourth-order valence-electron chi connectivity index (χ4n) is 14.8. The van der Waals surface area contributed by atoms with E-state index in [-0.39, 0.29) is 39.2 Å². The third kappa shape index (κ3) is 6.34. The third-order valence-corrected chi connectivity index (χ3v) is 19.7. The van der Waals surface area contributed by atoms with Gasteiger partial charge in [0.2, 0.25) is 0 Å². The molecular weight excluding hydrogens is 900 g/mol. The van der Waals surface area contributed by atoms with Crippen molar-refractivity contribution in [2.24, 2.45) is 0 Å². The highest BCUT2D eigenvalue weighted by atomic mass is 16.3. The van der Waals surface area contributed by atoms with Gasteiger partial charge in [-0.25, -0.2) is 0 Å². The Morgan fingerprint density at radius 3 is 1.64 bits per heavy atom. The van der Waals surface area contributed by atoms with Crippen LogP contribution in [0.25, 0.3) is 44.0 Å². The summed E-state index contributed by atoms with van der Waals surface area (Å²) >= 11 is 0. The van der Waals surface area contributed by atoms with E-state index in [1.807, 2.05) is 0 Å². The maximum absolute atomic E-state index is 7.73. The second-order valence-corrected chi connectivity index (χ2v) is 27.3. The number of nitrogens with zero attached hydrogens (tertiary/aromatic N) is 2. The summed E-state index contributed by atoms with van der Waals surface area (Å²) in [5, 5.41) is 3.45. The Bertz CT molecular complexity index is 3890. The van der Waals surface area contributed by atoms with Gasteiger partial charge in [-0.05, 0) is 188 Å². The maximum atomic E-state index is 7.73. The average molecular weight is 971 g/mol. The molecule has 0 N–H and O–H groups in total. The minimum atomic E-state index is -0.220. The summed E-state index contributed by atoms with van der Waals surface area (Å²) in [7, 11) is 0. The molecular formula is C69H71BN2O2. The Kier molecular flexibility index (Phi) is 9.28. The highest BCUT2D eigenvalue weighted by Gasteiger charge is 2.50. The molecule has 7 aromatic carbocycles. The van der Waals surface area contributed by atoms with E-state index in [2.05, 4.69) is 221 Å². The molecule has 2 aliphatic heterocycles. The van der Waals surface area contributed by atoms with Crippen LogP contribution < -0.4 is 26.4 Å². The zero-order valence-corrected chi connectivity index (χ0v) is 46.1.